The zero-order valence-corrected chi connectivity index (χ0v) is 12.6. The first-order valence-electron chi connectivity index (χ1n) is 7.49. The molecule has 0 bridgehead atoms. The van der Waals surface area contributed by atoms with Crippen molar-refractivity contribution in [2.75, 3.05) is 13.6 Å². The van der Waals surface area contributed by atoms with Gasteiger partial charge in [0.1, 0.15) is 0 Å². The highest BCUT2D eigenvalue weighted by molar-refractivity contribution is 5.75. The highest BCUT2D eigenvalue weighted by Crippen LogP contribution is 2.37. The number of hydrogen-bond acceptors (Lipinski definition) is 2. The molecular weight excluding hydrogens is 250 g/mol. The van der Waals surface area contributed by atoms with Crippen molar-refractivity contribution in [1.82, 2.24) is 4.90 Å². The van der Waals surface area contributed by atoms with Gasteiger partial charge in [-0.3, -0.25) is 4.79 Å². The number of aryl methyl sites for hydroxylation is 1. The lowest BCUT2D eigenvalue weighted by atomic mass is 9.73. The van der Waals surface area contributed by atoms with Gasteiger partial charge >= 0.3 is 5.97 Å². The minimum absolute atomic E-state index is 0.530. The van der Waals surface area contributed by atoms with E-state index in [1.165, 1.54) is 17.5 Å². The van der Waals surface area contributed by atoms with Crippen LogP contribution >= 0.6 is 0 Å². The van der Waals surface area contributed by atoms with Crippen LogP contribution in [0.2, 0.25) is 0 Å². The first-order valence-corrected chi connectivity index (χ1v) is 7.49. The van der Waals surface area contributed by atoms with E-state index in [0.29, 0.717) is 6.54 Å². The van der Waals surface area contributed by atoms with Crippen LogP contribution < -0.4 is 0 Å². The number of carboxylic acid groups (broad SMARTS) is 1. The molecule has 0 atom stereocenters. The van der Waals surface area contributed by atoms with Gasteiger partial charge in [0, 0.05) is 13.1 Å². The van der Waals surface area contributed by atoms with Crippen molar-refractivity contribution in [3.8, 4) is 0 Å². The first-order chi connectivity index (χ1) is 9.52. The average molecular weight is 275 g/mol. The number of carbonyl (C=O) groups is 1. The van der Waals surface area contributed by atoms with Crippen LogP contribution in [0.5, 0.6) is 0 Å². The third-order valence-electron chi connectivity index (χ3n) is 4.41. The van der Waals surface area contributed by atoms with Gasteiger partial charge in [0.25, 0.3) is 0 Å². The molecule has 1 aliphatic carbocycles. The second-order valence-electron chi connectivity index (χ2n) is 6.30. The number of hydrogen-bond donors (Lipinski definition) is 1. The van der Waals surface area contributed by atoms with Crippen LogP contribution in [0.15, 0.2) is 24.3 Å². The minimum atomic E-state index is -0.618. The monoisotopic (exact) mass is 275 g/mol. The van der Waals surface area contributed by atoms with Gasteiger partial charge in [-0.25, -0.2) is 0 Å². The molecule has 0 radical (unpaired) electrons. The molecule has 1 aromatic rings. The van der Waals surface area contributed by atoms with E-state index in [2.05, 4.69) is 36.1 Å². The van der Waals surface area contributed by atoms with E-state index < -0.39 is 11.4 Å². The lowest BCUT2D eigenvalue weighted by Crippen LogP contribution is -2.43. The summed E-state index contributed by atoms with van der Waals surface area (Å²) in [7, 11) is 2.03. The normalized spacial score (nSPS) is 18.1. The molecule has 1 aromatic carbocycles. The van der Waals surface area contributed by atoms with Gasteiger partial charge < -0.3 is 10.0 Å². The summed E-state index contributed by atoms with van der Waals surface area (Å²) in [6.07, 6.45) is 4.91. The van der Waals surface area contributed by atoms with E-state index in [0.717, 1.165) is 32.2 Å². The molecule has 0 aliphatic heterocycles. The second kappa shape index (κ2) is 6.40. The lowest BCUT2D eigenvalue weighted by molar-refractivity contribution is -0.152. The van der Waals surface area contributed by atoms with Gasteiger partial charge in [0.15, 0.2) is 0 Å². The molecule has 0 unspecified atom stereocenters. The van der Waals surface area contributed by atoms with Crippen LogP contribution in [-0.2, 0) is 11.3 Å². The van der Waals surface area contributed by atoms with Crippen molar-refractivity contribution in [3.05, 3.63) is 35.4 Å². The molecule has 0 heterocycles. The van der Waals surface area contributed by atoms with Crippen LogP contribution in [0.4, 0.5) is 0 Å². The Morgan fingerprint density at radius 1 is 1.20 bits per heavy atom. The number of rotatable bonds is 5. The maximum atomic E-state index is 11.7. The van der Waals surface area contributed by atoms with E-state index in [1.54, 1.807) is 0 Å². The first kappa shape index (κ1) is 15.0. The number of aliphatic carboxylic acids is 1. The van der Waals surface area contributed by atoms with Gasteiger partial charge in [0.2, 0.25) is 0 Å². The van der Waals surface area contributed by atoms with Crippen LogP contribution in [0.3, 0.4) is 0 Å². The Kier molecular flexibility index (Phi) is 4.81. The summed E-state index contributed by atoms with van der Waals surface area (Å²) in [6, 6.07) is 8.47. The highest BCUT2D eigenvalue weighted by atomic mass is 16.4. The van der Waals surface area contributed by atoms with Gasteiger partial charge in [-0.15, -0.1) is 0 Å². The molecule has 1 saturated carbocycles. The molecule has 1 fully saturated rings. The molecule has 3 nitrogen and oxygen atoms in total. The molecular formula is C17H25NO2. The maximum absolute atomic E-state index is 11.7. The standard InChI is InChI=1S/C17H25NO2/c1-14-6-8-15(9-7-14)12-18(2)13-17(16(19)20)10-4-3-5-11-17/h6-9H,3-5,10-13H2,1-2H3,(H,19,20). The number of carboxylic acids is 1. The number of nitrogens with zero attached hydrogens (tertiary/aromatic N) is 1. The SMILES string of the molecule is Cc1ccc(CN(C)CC2(C(=O)O)CCCCC2)cc1. The zero-order valence-electron chi connectivity index (χ0n) is 12.6. The Morgan fingerprint density at radius 3 is 2.35 bits per heavy atom. The summed E-state index contributed by atoms with van der Waals surface area (Å²) in [5.74, 6) is -0.618. The topological polar surface area (TPSA) is 40.5 Å². The van der Waals surface area contributed by atoms with Gasteiger partial charge in [-0.05, 0) is 32.4 Å². The fourth-order valence-electron chi connectivity index (χ4n) is 3.25. The summed E-state index contributed by atoms with van der Waals surface area (Å²) < 4.78 is 0. The third-order valence-corrected chi connectivity index (χ3v) is 4.41. The molecule has 1 aliphatic rings. The van der Waals surface area contributed by atoms with Crippen molar-refractivity contribution in [2.45, 2.75) is 45.6 Å². The predicted octanol–water partition coefficient (Wildman–Crippen LogP) is 3.46. The largest absolute Gasteiger partial charge is 0.481 e. The van der Waals surface area contributed by atoms with Crippen molar-refractivity contribution in [2.24, 2.45) is 5.41 Å². The third kappa shape index (κ3) is 3.60. The van der Waals surface area contributed by atoms with Gasteiger partial charge in [-0.1, -0.05) is 49.1 Å². The lowest BCUT2D eigenvalue weighted by Gasteiger charge is -2.36. The Morgan fingerprint density at radius 2 is 1.80 bits per heavy atom. The molecule has 0 saturated heterocycles. The Labute approximate surface area is 121 Å². The van der Waals surface area contributed by atoms with Crippen LogP contribution in [0, 0.1) is 12.3 Å². The summed E-state index contributed by atoms with van der Waals surface area (Å²) in [6.45, 7) is 3.54. The Bertz CT molecular complexity index is 447. The van der Waals surface area contributed by atoms with E-state index in [9.17, 15) is 9.90 Å². The minimum Gasteiger partial charge on any atom is -0.481 e. The fourth-order valence-corrected chi connectivity index (χ4v) is 3.25. The second-order valence-corrected chi connectivity index (χ2v) is 6.30. The van der Waals surface area contributed by atoms with Crippen LogP contribution in [-0.4, -0.2) is 29.6 Å². The predicted molar refractivity (Wildman–Crippen MR) is 80.7 cm³/mol. The molecule has 3 heteroatoms. The zero-order chi connectivity index (χ0) is 14.6. The molecule has 0 aromatic heterocycles. The van der Waals surface area contributed by atoms with Crippen molar-refractivity contribution < 1.29 is 9.90 Å². The molecule has 2 rings (SSSR count). The van der Waals surface area contributed by atoms with E-state index in [4.69, 9.17) is 0 Å². The molecule has 0 spiro atoms. The van der Waals surface area contributed by atoms with Gasteiger partial charge in [-0.2, -0.15) is 0 Å². The fraction of sp³-hybridized carbons (Fsp3) is 0.588. The van der Waals surface area contributed by atoms with E-state index in [1.807, 2.05) is 7.05 Å². The Balaban J connectivity index is 1.99. The quantitative estimate of drug-likeness (QED) is 0.894. The van der Waals surface area contributed by atoms with Crippen LogP contribution in [0.1, 0.15) is 43.2 Å². The molecule has 110 valence electrons. The van der Waals surface area contributed by atoms with E-state index >= 15 is 0 Å². The molecule has 1 N–H and O–H groups in total. The highest BCUT2D eigenvalue weighted by Gasteiger charge is 2.40. The number of benzene rings is 1. The maximum Gasteiger partial charge on any atom is 0.310 e. The van der Waals surface area contributed by atoms with Crippen molar-refractivity contribution in [3.63, 3.8) is 0 Å². The van der Waals surface area contributed by atoms with Crippen molar-refractivity contribution in [1.29, 1.82) is 0 Å². The summed E-state index contributed by atoms with van der Waals surface area (Å²) in [5, 5.41) is 9.61. The summed E-state index contributed by atoms with van der Waals surface area (Å²) in [5.41, 5.74) is 1.97. The summed E-state index contributed by atoms with van der Waals surface area (Å²) >= 11 is 0. The smallest absolute Gasteiger partial charge is 0.310 e. The van der Waals surface area contributed by atoms with Crippen LogP contribution in [0.25, 0.3) is 0 Å². The van der Waals surface area contributed by atoms with Gasteiger partial charge in [0.05, 0.1) is 5.41 Å². The summed E-state index contributed by atoms with van der Waals surface area (Å²) in [4.78, 5) is 13.8. The van der Waals surface area contributed by atoms with Crippen molar-refractivity contribution >= 4 is 5.97 Å². The Hall–Kier alpha value is -1.35. The average Bonchev–Trinajstić information content (AvgIpc) is 2.42. The van der Waals surface area contributed by atoms with E-state index in [-0.39, 0.29) is 0 Å². The molecule has 20 heavy (non-hydrogen) atoms. The molecule has 0 amide bonds.